The molecule has 10 heteroatoms. The number of benzene rings is 2. The number of fused-ring (bicyclic) bond motifs is 1. The monoisotopic (exact) mass is 550 g/mol. The SMILES string of the molecule is CCCN(C(=O)Nc1ccc(C(=O)OCC)cc1)C1CCc2nc(NCc3ccc(C(=O)OC)cc3)sc2C1. The summed E-state index contributed by atoms with van der Waals surface area (Å²) >= 11 is 1.63. The maximum Gasteiger partial charge on any atom is 0.338 e. The van der Waals surface area contributed by atoms with Crippen molar-refractivity contribution in [1.29, 1.82) is 0 Å². The molecule has 1 atom stereocenters. The normalized spacial score (nSPS) is 14.2. The van der Waals surface area contributed by atoms with Crippen molar-refractivity contribution in [2.75, 3.05) is 30.9 Å². The number of rotatable bonds is 10. The van der Waals surface area contributed by atoms with E-state index in [1.165, 1.54) is 12.0 Å². The number of aromatic nitrogens is 1. The molecule has 0 aliphatic heterocycles. The number of hydrogen-bond donors (Lipinski definition) is 2. The van der Waals surface area contributed by atoms with Gasteiger partial charge in [0.05, 0.1) is 30.5 Å². The first-order valence-electron chi connectivity index (χ1n) is 13.2. The molecular formula is C29H34N4O5S. The molecule has 0 saturated heterocycles. The molecular weight excluding hydrogens is 516 g/mol. The largest absolute Gasteiger partial charge is 0.465 e. The number of amides is 2. The molecule has 1 aliphatic carbocycles. The predicted molar refractivity (Wildman–Crippen MR) is 151 cm³/mol. The van der Waals surface area contributed by atoms with Gasteiger partial charge in [0, 0.05) is 36.1 Å². The summed E-state index contributed by atoms with van der Waals surface area (Å²) in [6.45, 7) is 5.39. The quantitative estimate of drug-likeness (QED) is 0.320. The lowest BCUT2D eigenvalue weighted by atomic mass is 9.96. The van der Waals surface area contributed by atoms with Crippen LogP contribution in [0.15, 0.2) is 48.5 Å². The number of carbonyl (C=O) groups is 3. The van der Waals surface area contributed by atoms with E-state index in [1.54, 1.807) is 54.7 Å². The lowest BCUT2D eigenvalue weighted by molar-refractivity contribution is 0.0525. The first-order valence-corrected chi connectivity index (χ1v) is 14.0. The van der Waals surface area contributed by atoms with Crippen molar-refractivity contribution in [3.63, 3.8) is 0 Å². The highest BCUT2D eigenvalue weighted by atomic mass is 32.1. The van der Waals surface area contributed by atoms with Crippen LogP contribution in [0.25, 0.3) is 0 Å². The van der Waals surface area contributed by atoms with Crippen molar-refractivity contribution < 1.29 is 23.9 Å². The van der Waals surface area contributed by atoms with Gasteiger partial charge in [0.1, 0.15) is 0 Å². The van der Waals surface area contributed by atoms with Crippen LogP contribution in [0.4, 0.5) is 15.6 Å². The number of carbonyl (C=O) groups excluding carboxylic acids is 3. The summed E-state index contributed by atoms with van der Waals surface area (Å²) < 4.78 is 9.77. The molecule has 1 heterocycles. The topological polar surface area (TPSA) is 110 Å². The van der Waals surface area contributed by atoms with Crippen molar-refractivity contribution in [2.45, 2.75) is 52.1 Å². The molecule has 9 nitrogen and oxygen atoms in total. The maximum atomic E-state index is 13.3. The molecule has 2 aromatic carbocycles. The third kappa shape index (κ3) is 7.14. The second-order valence-corrected chi connectivity index (χ2v) is 10.3. The van der Waals surface area contributed by atoms with Gasteiger partial charge in [-0.1, -0.05) is 19.1 Å². The summed E-state index contributed by atoms with van der Waals surface area (Å²) in [5.74, 6) is -0.731. The molecule has 39 heavy (non-hydrogen) atoms. The average molecular weight is 551 g/mol. The van der Waals surface area contributed by atoms with Crippen molar-refractivity contribution in [3.05, 3.63) is 75.8 Å². The van der Waals surface area contributed by atoms with Gasteiger partial charge in [0.25, 0.3) is 0 Å². The van der Waals surface area contributed by atoms with Crippen molar-refractivity contribution in [3.8, 4) is 0 Å². The first kappa shape index (κ1) is 28.1. The minimum atomic E-state index is -0.379. The molecule has 1 unspecified atom stereocenters. The van der Waals surface area contributed by atoms with Crippen LogP contribution in [0.3, 0.4) is 0 Å². The molecule has 0 radical (unpaired) electrons. The molecule has 2 N–H and O–H groups in total. The van der Waals surface area contributed by atoms with Crippen LogP contribution in [0.1, 0.15) is 63.5 Å². The van der Waals surface area contributed by atoms with Gasteiger partial charge in [-0.25, -0.2) is 19.4 Å². The third-order valence-electron chi connectivity index (χ3n) is 6.55. The first-order chi connectivity index (χ1) is 18.9. The summed E-state index contributed by atoms with van der Waals surface area (Å²) in [4.78, 5) is 44.7. The van der Waals surface area contributed by atoms with E-state index in [-0.39, 0.29) is 24.0 Å². The molecule has 1 aliphatic rings. The van der Waals surface area contributed by atoms with E-state index in [1.807, 2.05) is 17.0 Å². The standard InChI is InChI=1S/C29H34N4O5S/c1-4-16-33(29(36)31-22-12-10-21(11-13-22)27(35)38-5-2)23-14-15-24-25(17-23)39-28(32-24)30-18-19-6-8-20(9-7-19)26(34)37-3/h6-13,23H,4-5,14-18H2,1-3H3,(H,30,32)(H,31,36). The zero-order valence-electron chi connectivity index (χ0n) is 22.5. The molecule has 2 amide bonds. The van der Waals surface area contributed by atoms with Gasteiger partial charge in [0.2, 0.25) is 0 Å². The number of urea groups is 1. The number of thiazole rings is 1. The summed E-state index contributed by atoms with van der Waals surface area (Å²) in [6, 6.07) is 14.0. The Labute approximate surface area is 232 Å². The van der Waals surface area contributed by atoms with Crippen LogP contribution in [-0.2, 0) is 28.9 Å². The molecule has 0 bridgehead atoms. The van der Waals surface area contributed by atoms with E-state index in [4.69, 9.17) is 14.5 Å². The third-order valence-corrected chi connectivity index (χ3v) is 7.62. The second-order valence-electron chi connectivity index (χ2n) is 9.25. The number of nitrogens with one attached hydrogen (secondary N) is 2. The molecule has 4 rings (SSSR count). The zero-order chi connectivity index (χ0) is 27.8. The zero-order valence-corrected chi connectivity index (χ0v) is 23.3. The predicted octanol–water partition coefficient (Wildman–Crippen LogP) is 5.52. The molecule has 0 saturated carbocycles. The Morgan fingerprint density at radius 3 is 2.38 bits per heavy atom. The Kier molecular flexibility index (Phi) is 9.54. The number of nitrogens with zero attached hydrogens (tertiary/aromatic N) is 2. The Hall–Kier alpha value is -3.92. The van der Waals surface area contributed by atoms with Crippen LogP contribution in [0, 0.1) is 0 Å². The number of methoxy groups -OCH3 is 1. The van der Waals surface area contributed by atoms with Crippen LogP contribution in [-0.4, -0.2) is 54.2 Å². The summed E-state index contributed by atoms with van der Waals surface area (Å²) in [5.41, 5.74) is 3.73. The van der Waals surface area contributed by atoms with Crippen LogP contribution >= 0.6 is 11.3 Å². The van der Waals surface area contributed by atoms with E-state index in [9.17, 15) is 14.4 Å². The Morgan fingerprint density at radius 1 is 1.03 bits per heavy atom. The Morgan fingerprint density at radius 2 is 1.72 bits per heavy atom. The number of anilines is 2. The van der Waals surface area contributed by atoms with Crippen molar-refractivity contribution >= 4 is 40.1 Å². The fourth-order valence-corrected chi connectivity index (χ4v) is 5.62. The van der Waals surface area contributed by atoms with Gasteiger partial charge in [0.15, 0.2) is 5.13 Å². The molecule has 3 aromatic rings. The van der Waals surface area contributed by atoms with Gasteiger partial charge < -0.3 is 25.0 Å². The fraction of sp³-hybridized carbons (Fsp3) is 0.379. The van der Waals surface area contributed by atoms with Gasteiger partial charge in [-0.2, -0.15) is 0 Å². The molecule has 0 spiro atoms. The number of hydrogen-bond acceptors (Lipinski definition) is 8. The van der Waals surface area contributed by atoms with Crippen LogP contribution < -0.4 is 10.6 Å². The van der Waals surface area contributed by atoms with E-state index in [0.717, 1.165) is 42.1 Å². The minimum absolute atomic E-state index is 0.0791. The van der Waals surface area contributed by atoms with E-state index in [2.05, 4.69) is 17.6 Å². The van der Waals surface area contributed by atoms with E-state index >= 15 is 0 Å². The number of ether oxygens (including phenoxy) is 2. The summed E-state index contributed by atoms with van der Waals surface area (Å²) in [6.07, 6.45) is 3.27. The lowest BCUT2D eigenvalue weighted by Crippen LogP contribution is -2.45. The lowest BCUT2D eigenvalue weighted by Gasteiger charge is -2.33. The smallest absolute Gasteiger partial charge is 0.338 e. The van der Waals surface area contributed by atoms with Gasteiger partial charge in [-0.3, -0.25) is 0 Å². The fourth-order valence-electron chi connectivity index (χ4n) is 4.54. The minimum Gasteiger partial charge on any atom is -0.465 e. The second kappa shape index (κ2) is 13.2. The number of aryl methyl sites for hydroxylation is 1. The Bertz CT molecular complexity index is 1290. The Balaban J connectivity index is 1.36. The average Bonchev–Trinajstić information content (AvgIpc) is 3.37. The highest BCUT2D eigenvalue weighted by molar-refractivity contribution is 7.15. The highest BCUT2D eigenvalue weighted by Gasteiger charge is 2.29. The van der Waals surface area contributed by atoms with Crippen molar-refractivity contribution in [1.82, 2.24) is 9.88 Å². The van der Waals surface area contributed by atoms with Gasteiger partial charge in [-0.15, -0.1) is 11.3 Å². The number of esters is 2. The molecule has 206 valence electrons. The van der Waals surface area contributed by atoms with E-state index in [0.29, 0.717) is 36.5 Å². The van der Waals surface area contributed by atoms with Crippen LogP contribution in [0.2, 0.25) is 0 Å². The van der Waals surface area contributed by atoms with Crippen LogP contribution in [0.5, 0.6) is 0 Å². The van der Waals surface area contributed by atoms with Gasteiger partial charge in [-0.05, 0) is 68.1 Å². The summed E-state index contributed by atoms with van der Waals surface area (Å²) in [5, 5.41) is 7.23. The highest BCUT2D eigenvalue weighted by Crippen LogP contribution is 2.32. The molecule has 0 fully saturated rings. The van der Waals surface area contributed by atoms with Crippen molar-refractivity contribution in [2.24, 2.45) is 0 Å². The van der Waals surface area contributed by atoms with E-state index < -0.39 is 0 Å². The van der Waals surface area contributed by atoms with Gasteiger partial charge >= 0.3 is 18.0 Å². The molecule has 1 aromatic heterocycles. The maximum absolute atomic E-state index is 13.3. The summed E-state index contributed by atoms with van der Waals surface area (Å²) in [7, 11) is 1.37.